The topological polar surface area (TPSA) is 82.0 Å². The van der Waals surface area contributed by atoms with Crippen LogP contribution in [0.3, 0.4) is 0 Å². The zero-order valence-electron chi connectivity index (χ0n) is 18.7. The van der Waals surface area contributed by atoms with Gasteiger partial charge in [0.2, 0.25) is 5.95 Å². The molecule has 0 saturated carbocycles. The van der Waals surface area contributed by atoms with Crippen LogP contribution in [0.1, 0.15) is 39.2 Å². The number of nitrogens with zero attached hydrogens (tertiary/aromatic N) is 4. The van der Waals surface area contributed by atoms with Gasteiger partial charge in [-0.1, -0.05) is 20.8 Å². The second-order valence-corrected chi connectivity index (χ2v) is 14.8. The van der Waals surface area contributed by atoms with Gasteiger partial charge in [0, 0.05) is 38.1 Å². The van der Waals surface area contributed by atoms with Gasteiger partial charge in [-0.15, -0.1) is 0 Å². The Balaban J connectivity index is 1.83. The molecule has 3 rings (SSSR count). The number of alkyl halides is 3. The molecule has 2 N–H and O–H groups in total. The Bertz CT molecular complexity index is 758. The minimum atomic E-state index is -4.48. The van der Waals surface area contributed by atoms with E-state index in [2.05, 4.69) is 43.8 Å². The van der Waals surface area contributed by atoms with Crippen LogP contribution in [0.2, 0.25) is 18.1 Å². The first kappa shape index (κ1) is 24.4. The molecular weight excluding hydrogens is 429 g/mol. The summed E-state index contributed by atoms with van der Waals surface area (Å²) in [5, 5.41) is 20.5. The summed E-state index contributed by atoms with van der Waals surface area (Å²) in [6, 6.07) is -0.105. The van der Waals surface area contributed by atoms with Gasteiger partial charge in [0.15, 0.2) is 8.32 Å². The van der Waals surface area contributed by atoms with Crippen LogP contribution in [0.5, 0.6) is 0 Å². The number of halogens is 3. The van der Waals surface area contributed by atoms with Crippen molar-refractivity contribution in [1.82, 2.24) is 14.9 Å². The number of aromatic nitrogens is 2. The first-order valence-corrected chi connectivity index (χ1v) is 13.6. The van der Waals surface area contributed by atoms with Gasteiger partial charge in [0.05, 0.1) is 17.8 Å². The smallest absolute Gasteiger partial charge is 0.411 e. The van der Waals surface area contributed by atoms with E-state index in [4.69, 9.17) is 4.43 Å². The molecule has 3 heterocycles. The van der Waals surface area contributed by atoms with Crippen molar-refractivity contribution in [2.24, 2.45) is 0 Å². The van der Waals surface area contributed by atoms with Crippen molar-refractivity contribution in [1.29, 1.82) is 0 Å². The molecule has 0 bridgehead atoms. The van der Waals surface area contributed by atoms with Crippen molar-refractivity contribution in [2.45, 2.75) is 82.4 Å². The van der Waals surface area contributed by atoms with Crippen LogP contribution in [0.4, 0.5) is 19.1 Å². The quantitative estimate of drug-likeness (QED) is 0.666. The molecule has 1 aromatic rings. The Morgan fingerprint density at radius 2 is 1.68 bits per heavy atom. The average molecular weight is 463 g/mol. The van der Waals surface area contributed by atoms with Crippen molar-refractivity contribution in [3.05, 3.63) is 18.0 Å². The lowest BCUT2D eigenvalue weighted by atomic mass is 10.0. The minimum absolute atomic E-state index is 0.0339. The standard InChI is InChI=1S/C20H33F3N4O3Si/c1-19(2,3)31(4,5)30-16-12-26(18-24-10-13(11-25-18)20(21,22)23)8-6-14(16)27-9-7-15(28)17(27)29/h10-11,14-17,28-29H,6-9,12H2,1-5H3/t14?,15-,16?,17?/m0/s1. The van der Waals surface area contributed by atoms with E-state index >= 15 is 0 Å². The van der Waals surface area contributed by atoms with E-state index in [0.717, 1.165) is 12.4 Å². The van der Waals surface area contributed by atoms with Crippen LogP contribution in [0, 0.1) is 0 Å². The van der Waals surface area contributed by atoms with Gasteiger partial charge in [-0.05, 0) is 31.0 Å². The van der Waals surface area contributed by atoms with Crippen LogP contribution in [0.25, 0.3) is 0 Å². The maximum absolute atomic E-state index is 12.9. The SMILES string of the molecule is CC(C)(C)[Si](C)(C)OC1CN(c2ncc(C(F)(F)F)cn2)CCC1N1CC[C@H](O)C1O. The minimum Gasteiger partial charge on any atom is -0.411 e. The lowest BCUT2D eigenvalue weighted by Gasteiger charge is -2.48. The predicted octanol–water partition coefficient (Wildman–Crippen LogP) is 2.85. The second kappa shape index (κ2) is 8.58. The Kier molecular flexibility index (Phi) is 6.75. The molecular formula is C20H33F3N4O3Si. The van der Waals surface area contributed by atoms with E-state index in [1.165, 1.54) is 0 Å². The number of anilines is 1. The normalized spacial score (nSPS) is 28.9. The third kappa shape index (κ3) is 5.22. The average Bonchev–Trinajstić information content (AvgIpc) is 2.99. The summed E-state index contributed by atoms with van der Waals surface area (Å²) >= 11 is 0. The molecule has 3 unspecified atom stereocenters. The third-order valence-corrected chi connectivity index (χ3v) is 11.3. The van der Waals surface area contributed by atoms with E-state index in [9.17, 15) is 23.4 Å². The van der Waals surface area contributed by atoms with Crippen LogP contribution in [0.15, 0.2) is 12.4 Å². The molecule has 1 aromatic heterocycles. The van der Waals surface area contributed by atoms with Gasteiger partial charge in [-0.2, -0.15) is 13.2 Å². The molecule has 7 nitrogen and oxygen atoms in total. The lowest BCUT2D eigenvalue weighted by molar-refractivity contribution is -0.138. The first-order chi connectivity index (χ1) is 14.2. The van der Waals surface area contributed by atoms with Crippen LogP contribution < -0.4 is 4.90 Å². The zero-order valence-corrected chi connectivity index (χ0v) is 19.7. The van der Waals surface area contributed by atoms with E-state index in [0.29, 0.717) is 32.5 Å². The fraction of sp³-hybridized carbons (Fsp3) is 0.800. The highest BCUT2D eigenvalue weighted by Gasteiger charge is 2.46. The molecule has 2 fully saturated rings. The van der Waals surface area contributed by atoms with E-state index in [1.807, 2.05) is 9.80 Å². The van der Waals surface area contributed by atoms with Crippen molar-refractivity contribution in [2.75, 3.05) is 24.5 Å². The molecule has 0 amide bonds. The Morgan fingerprint density at radius 1 is 1.06 bits per heavy atom. The molecule has 176 valence electrons. The summed E-state index contributed by atoms with van der Waals surface area (Å²) in [6.45, 7) is 12.2. The molecule has 2 aliphatic heterocycles. The maximum atomic E-state index is 12.9. The molecule has 2 aliphatic rings. The van der Waals surface area contributed by atoms with Crippen LogP contribution >= 0.6 is 0 Å². The lowest BCUT2D eigenvalue weighted by Crippen LogP contribution is -2.60. The zero-order chi connectivity index (χ0) is 23.2. The molecule has 11 heteroatoms. The number of piperidine rings is 1. The number of rotatable bonds is 4. The number of likely N-dealkylation sites (tertiary alicyclic amines) is 1. The predicted molar refractivity (Wildman–Crippen MR) is 113 cm³/mol. The molecule has 0 aliphatic carbocycles. The molecule has 2 saturated heterocycles. The van der Waals surface area contributed by atoms with Gasteiger partial charge in [0.1, 0.15) is 6.23 Å². The van der Waals surface area contributed by atoms with E-state index in [-0.39, 0.29) is 23.1 Å². The molecule has 31 heavy (non-hydrogen) atoms. The van der Waals surface area contributed by atoms with Gasteiger partial charge in [-0.25, -0.2) is 9.97 Å². The Morgan fingerprint density at radius 3 is 2.16 bits per heavy atom. The monoisotopic (exact) mass is 462 g/mol. The number of hydrogen-bond acceptors (Lipinski definition) is 7. The highest BCUT2D eigenvalue weighted by molar-refractivity contribution is 6.74. The van der Waals surface area contributed by atoms with Gasteiger partial charge >= 0.3 is 6.18 Å². The van der Waals surface area contributed by atoms with Crippen molar-refractivity contribution in [3.8, 4) is 0 Å². The van der Waals surface area contributed by atoms with Gasteiger partial charge in [-0.3, -0.25) is 4.90 Å². The summed E-state index contributed by atoms with van der Waals surface area (Å²) < 4.78 is 45.3. The van der Waals surface area contributed by atoms with E-state index in [1.54, 1.807) is 0 Å². The van der Waals surface area contributed by atoms with Crippen LogP contribution in [-0.4, -0.2) is 77.5 Å². The summed E-state index contributed by atoms with van der Waals surface area (Å²) in [4.78, 5) is 11.6. The highest BCUT2D eigenvalue weighted by Crippen LogP contribution is 2.39. The number of aliphatic hydroxyl groups excluding tert-OH is 2. The first-order valence-electron chi connectivity index (χ1n) is 10.6. The third-order valence-electron chi connectivity index (χ3n) is 6.82. The molecule has 0 radical (unpaired) electrons. The Labute approximate surface area is 182 Å². The van der Waals surface area contributed by atoms with Gasteiger partial charge in [0.25, 0.3) is 0 Å². The van der Waals surface area contributed by atoms with Gasteiger partial charge < -0.3 is 19.5 Å². The van der Waals surface area contributed by atoms with E-state index < -0.39 is 32.4 Å². The molecule has 4 atom stereocenters. The molecule has 0 spiro atoms. The van der Waals surface area contributed by atoms with Crippen molar-refractivity contribution >= 4 is 14.3 Å². The van der Waals surface area contributed by atoms with Crippen molar-refractivity contribution in [3.63, 3.8) is 0 Å². The number of aliphatic hydroxyl groups is 2. The Hall–Kier alpha value is -1.27. The van der Waals surface area contributed by atoms with Crippen LogP contribution in [-0.2, 0) is 10.6 Å². The summed E-state index contributed by atoms with van der Waals surface area (Å²) in [6.07, 6.45) is -3.78. The highest BCUT2D eigenvalue weighted by atomic mass is 28.4. The van der Waals surface area contributed by atoms with Crippen molar-refractivity contribution < 1.29 is 27.8 Å². The fourth-order valence-electron chi connectivity index (χ4n) is 3.91. The summed E-state index contributed by atoms with van der Waals surface area (Å²) in [7, 11) is -2.18. The second-order valence-electron chi connectivity index (χ2n) is 10.00. The molecule has 0 aromatic carbocycles. The fourth-order valence-corrected chi connectivity index (χ4v) is 5.25. The number of hydrogen-bond donors (Lipinski definition) is 2. The maximum Gasteiger partial charge on any atom is 0.419 e. The largest absolute Gasteiger partial charge is 0.419 e. The summed E-state index contributed by atoms with van der Waals surface area (Å²) in [5.41, 5.74) is -0.880. The summed E-state index contributed by atoms with van der Waals surface area (Å²) in [5.74, 6) is 0.234.